The lowest BCUT2D eigenvalue weighted by Gasteiger charge is -1.86. The largest absolute Gasteiger partial charge is 0.343 e. The van der Waals surface area contributed by atoms with E-state index in [2.05, 4.69) is 15.0 Å². The van der Waals surface area contributed by atoms with Crippen LogP contribution in [0.5, 0.6) is 0 Å². The molecule has 2 aromatic heterocycles. The van der Waals surface area contributed by atoms with Crippen LogP contribution in [0.3, 0.4) is 0 Å². The number of hydrogen-bond donors (Lipinski definition) is 2. The van der Waals surface area contributed by atoms with Gasteiger partial charge in [0.2, 0.25) is 0 Å². The van der Waals surface area contributed by atoms with Gasteiger partial charge in [-0.15, -0.1) is 0 Å². The molecule has 0 aliphatic carbocycles. The molecule has 3 N–H and O–H groups in total. The van der Waals surface area contributed by atoms with Gasteiger partial charge in [-0.05, 0) is 0 Å². The van der Waals surface area contributed by atoms with Crippen LogP contribution in [0.15, 0.2) is 25.0 Å². The summed E-state index contributed by atoms with van der Waals surface area (Å²) >= 11 is 0. The van der Waals surface area contributed by atoms with E-state index in [1.54, 1.807) is 18.7 Å². The summed E-state index contributed by atoms with van der Waals surface area (Å²) in [6, 6.07) is 0. The molecule has 2 aromatic rings. The van der Waals surface area contributed by atoms with Crippen molar-refractivity contribution in [3.05, 3.63) is 25.0 Å². The molecule has 0 spiro atoms. The van der Waals surface area contributed by atoms with Crippen LogP contribution in [0.2, 0.25) is 0 Å². The van der Waals surface area contributed by atoms with Crippen molar-refractivity contribution in [2.75, 3.05) is 5.84 Å². The topological polar surface area (TPSA) is 72.5 Å². The fraction of sp³-hybridized carbons (Fsp3) is 0. The zero-order chi connectivity index (χ0) is 7.68. The van der Waals surface area contributed by atoms with Crippen molar-refractivity contribution in [1.29, 1.82) is 0 Å². The van der Waals surface area contributed by atoms with Gasteiger partial charge in [-0.2, -0.15) is 0 Å². The van der Waals surface area contributed by atoms with Gasteiger partial charge in [0, 0.05) is 0 Å². The van der Waals surface area contributed by atoms with Gasteiger partial charge in [0.25, 0.3) is 0 Å². The second-order valence-electron chi connectivity index (χ2n) is 2.17. The van der Waals surface area contributed by atoms with Gasteiger partial charge in [0.1, 0.15) is 12.0 Å². The molecule has 0 radical (unpaired) electrons. The molecule has 2 rings (SSSR count). The Labute approximate surface area is 62.9 Å². The second kappa shape index (κ2) is 2.12. The fourth-order valence-electron chi connectivity index (χ4n) is 0.872. The van der Waals surface area contributed by atoms with Gasteiger partial charge in [-0.1, -0.05) is 0 Å². The number of aromatic amines is 1. The number of nitrogens with zero attached hydrogens (tertiary/aromatic N) is 3. The molecule has 5 nitrogen and oxygen atoms in total. The SMILES string of the molecule is Nn1cnc(-c2cnc[nH]2)c1. The number of nitrogens with one attached hydrogen (secondary N) is 1. The number of H-pyrrole nitrogens is 1. The predicted octanol–water partition coefficient (Wildman–Crippen LogP) is -0.0130. The summed E-state index contributed by atoms with van der Waals surface area (Å²) in [5.41, 5.74) is 1.67. The van der Waals surface area contributed by atoms with Crippen molar-refractivity contribution in [2.24, 2.45) is 0 Å². The van der Waals surface area contributed by atoms with Gasteiger partial charge in [0.15, 0.2) is 0 Å². The van der Waals surface area contributed by atoms with Gasteiger partial charge in [-0.3, -0.25) is 4.68 Å². The monoisotopic (exact) mass is 149 g/mol. The van der Waals surface area contributed by atoms with E-state index < -0.39 is 0 Å². The highest BCUT2D eigenvalue weighted by molar-refractivity contribution is 5.50. The Bertz CT molecular complexity index is 333. The van der Waals surface area contributed by atoms with E-state index in [0.29, 0.717) is 0 Å². The Morgan fingerprint density at radius 3 is 3.00 bits per heavy atom. The number of nitrogens with two attached hydrogens (primary N) is 1. The Hall–Kier alpha value is -1.78. The Balaban J connectivity index is 2.45. The first-order valence-corrected chi connectivity index (χ1v) is 3.14. The van der Waals surface area contributed by atoms with Crippen LogP contribution in [-0.2, 0) is 0 Å². The van der Waals surface area contributed by atoms with Crippen LogP contribution in [0.4, 0.5) is 0 Å². The molecule has 0 unspecified atom stereocenters. The number of nitrogen functional groups attached to an aromatic ring is 1. The zero-order valence-corrected chi connectivity index (χ0v) is 5.73. The molecule has 0 aliphatic heterocycles. The Morgan fingerprint density at radius 2 is 2.45 bits per heavy atom. The average Bonchev–Trinajstić information content (AvgIpc) is 2.55. The summed E-state index contributed by atoms with van der Waals surface area (Å²) in [5.74, 6) is 5.40. The molecular formula is C6H7N5. The summed E-state index contributed by atoms with van der Waals surface area (Å²) in [5, 5.41) is 0. The summed E-state index contributed by atoms with van der Waals surface area (Å²) in [7, 11) is 0. The summed E-state index contributed by atoms with van der Waals surface area (Å²) in [6.07, 6.45) is 6.55. The molecule has 2 heterocycles. The lowest BCUT2D eigenvalue weighted by atomic mass is 10.4. The Kier molecular flexibility index (Phi) is 1.15. The number of imidazole rings is 2. The molecule has 0 saturated heterocycles. The predicted molar refractivity (Wildman–Crippen MR) is 40.0 cm³/mol. The van der Waals surface area contributed by atoms with Crippen LogP contribution >= 0.6 is 0 Å². The van der Waals surface area contributed by atoms with E-state index in [1.807, 2.05) is 0 Å². The highest BCUT2D eigenvalue weighted by atomic mass is 15.3. The minimum atomic E-state index is 0.796. The lowest BCUT2D eigenvalue weighted by molar-refractivity contribution is 1.00. The first kappa shape index (κ1) is 5.96. The second-order valence-corrected chi connectivity index (χ2v) is 2.17. The normalized spacial score (nSPS) is 10.2. The van der Waals surface area contributed by atoms with Crippen molar-refractivity contribution in [1.82, 2.24) is 19.6 Å². The lowest BCUT2D eigenvalue weighted by Crippen LogP contribution is -2.02. The van der Waals surface area contributed by atoms with Crippen molar-refractivity contribution < 1.29 is 0 Å². The minimum Gasteiger partial charge on any atom is -0.343 e. The molecule has 0 amide bonds. The van der Waals surface area contributed by atoms with Crippen molar-refractivity contribution in [3.63, 3.8) is 0 Å². The molecule has 11 heavy (non-hydrogen) atoms. The molecule has 0 bridgehead atoms. The molecule has 0 saturated carbocycles. The quantitative estimate of drug-likeness (QED) is 0.560. The number of rotatable bonds is 1. The maximum Gasteiger partial charge on any atom is 0.114 e. The van der Waals surface area contributed by atoms with Crippen molar-refractivity contribution in [2.45, 2.75) is 0 Å². The van der Waals surface area contributed by atoms with E-state index in [0.717, 1.165) is 11.4 Å². The minimum absolute atomic E-state index is 0.796. The van der Waals surface area contributed by atoms with Gasteiger partial charge < -0.3 is 10.8 Å². The van der Waals surface area contributed by atoms with Gasteiger partial charge in [-0.25, -0.2) is 9.97 Å². The molecule has 56 valence electrons. The Morgan fingerprint density at radius 1 is 1.55 bits per heavy atom. The molecule has 0 fully saturated rings. The highest BCUT2D eigenvalue weighted by Gasteiger charge is 2.00. The maximum absolute atomic E-state index is 5.40. The third kappa shape index (κ3) is 0.958. The van der Waals surface area contributed by atoms with Crippen LogP contribution in [0.1, 0.15) is 0 Å². The van der Waals surface area contributed by atoms with E-state index in [9.17, 15) is 0 Å². The van der Waals surface area contributed by atoms with Crippen molar-refractivity contribution >= 4 is 0 Å². The van der Waals surface area contributed by atoms with Crippen LogP contribution in [0.25, 0.3) is 11.4 Å². The molecule has 0 atom stereocenters. The number of aromatic nitrogens is 4. The summed E-state index contributed by atoms with van der Waals surface area (Å²) < 4.78 is 1.40. The highest BCUT2D eigenvalue weighted by Crippen LogP contribution is 2.10. The third-order valence-electron chi connectivity index (χ3n) is 1.38. The standard InChI is InChI=1S/C6H7N5/c7-11-2-6(10-4-11)5-1-8-3-9-5/h1-4H,7H2,(H,8,9). The summed E-state index contributed by atoms with van der Waals surface area (Å²) in [4.78, 5) is 10.8. The number of hydrogen-bond acceptors (Lipinski definition) is 3. The van der Waals surface area contributed by atoms with Gasteiger partial charge in [0.05, 0.1) is 24.4 Å². The average molecular weight is 149 g/mol. The van der Waals surface area contributed by atoms with E-state index in [1.165, 1.54) is 11.0 Å². The third-order valence-corrected chi connectivity index (χ3v) is 1.38. The molecule has 0 aromatic carbocycles. The molecule has 5 heteroatoms. The van der Waals surface area contributed by atoms with Crippen LogP contribution in [0, 0.1) is 0 Å². The van der Waals surface area contributed by atoms with E-state index >= 15 is 0 Å². The van der Waals surface area contributed by atoms with Crippen LogP contribution < -0.4 is 5.84 Å². The smallest absolute Gasteiger partial charge is 0.114 e. The first-order valence-electron chi connectivity index (χ1n) is 3.14. The zero-order valence-electron chi connectivity index (χ0n) is 5.73. The first-order chi connectivity index (χ1) is 5.36. The summed E-state index contributed by atoms with van der Waals surface area (Å²) in [6.45, 7) is 0. The van der Waals surface area contributed by atoms with Gasteiger partial charge >= 0.3 is 0 Å². The maximum atomic E-state index is 5.40. The fourth-order valence-corrected chi connectivity index (χ4v) is 0.872. The molecule has 0 aliphatic rings. The van der Waals surface area contributed by atoms with E-state index in [-0.39, 0.29) is 0 Å². The van der Waals surface area contributed by atoms with Crippen molar-refractivity contribution in [3.8, 4) is 11.4 Å². The molecular weight excluding hydrogens is 142 g/mol. The van der Waals surface area contributed by atoms with Crippen LogP contribution in [-0.4, -0.2) is 19.6 Å². The van der Waals surface area contributed by atoms with E-state index in [4.69, 9.17) is 5.84 Å².